The lowest BCUT2D eigenvalue weighted by atomic mass is 10.1. The Kier molecular flexibility index (Phi) is 5.71. The van der Waals surface area contributed by atoms with E-state index >= 15 is 0 Å². The quantitative estimate of drug-likeness (QED) is 0.805. The molecule has 1 heterocycles. The molecule has 2 aromatic rings. The van der Waals surface area contributed by atoms with Gasteiger partial charge in [0.15, 0.2) is 0 Å². The van der Waals surface area contributed by atoms with Crippen molar-refractivity contribution >= 4 is 11.6 Å². The third-order valence-electron chi connectivity index (χ3n) is 4.68. The van der Waals surface area contributed by atoms with Gasteiger partial charge < -0.3 is 14.5 Å². The van der Waals surface area contributed by atoms with Gasteiger partial charge in [-0.1, -0.05) is 30.3 Å². The first-order valence-electron chi connectivity index (χ1n) is 8.85. The summed E-state index contributed by atoms with van der Waals surface area (Å²) in [4.78, 5) is 17.0. The number of hydrogen-bond donors (Lipinski definition) is 0. The van der Waals surface area contributed by atoms with Crippen LogP contribution in [0.4, 0.5) is 5.69 Å². The predicted octanol–water partition coefficient (Wildman–Crippen LogP) is 3.71. The Morgan fingerprint density at radius 1 is 1.12 bits per heavy atom. The van der Waals surface area contributed by atoms with E-state index in [4.69, 9.17) is 4.74 Å². The number of nitrogens with zero attached hydrogens (tertiary/aromatic N) is 2. The summed E-state index contributed by atoms with van der Waals surface area (Å²) >= 11 is 0. The summed E-state index contributed by atoms with van der Waals surface area (Å²) in [7, 11) is 3.53. The first-order valence-corrected chi connectivity index (χ1v) is 8.85. The largest absolute Gasteiger partial charge is 0.380 e. The number of methoxy groups -OCH3 is 1. The van der Waals surface area contributed by atoms with Crippen molar-refractivity contribution in [2.75, 3.05) is 32.1 Å². The van der Waals surface area contributed by atoms with Crippen LogP contribution in [-0.4, -0.2) is 38.1 Å². The number of carbonyl (C=O) groups excluding carboxylic acids is 1. The van der Waals surface area contributed by atoms with Gasteiger partial charge in [-0.15, -0.1) is 0 Å². The molecule has 2 aromatic carbocycles. The Morgan fingerprint density at radius 3 is 2.64 bits per heavy atom. The molecule has 0 radical (unpaired) electrons. The lowest BCUT2D eigenvalue weighted by Crippen LogP contribution is -2.28. The van der Waals surface area contributed by atoms with E-state index in [2.05, 4.69) is 23.1 Å². The number of rotatable bonds is 6. The maximum absolute atomic E-state index is 12.8. The van der Waals surface area contributed by atoms with Crippen LogP contribution >= 0.6 is 0 Å². The minimum atomic E-state index is 0.0363. The summed E-state index contributed by atoms with van der Waals surface area (Å²) in [6, 6.07) is 16.1. The van der Waals surface area contributed by atoms with E-state index in [-0.39, 0.29) is 5.91 Å². The second kappa shape index (κ2) is 8.17. The number of amides is 1. The van der Waals surface area contributed by atoms with Crippen molar-refractivity contribution in [1.29, 1.82) is 0 Å². The van der Waals surface area contributed by atoms with Gasteiger partial charge in [0.2, 0.25) is 0 Å². The van der Waals surface area contributed by atoms with Crippen molar-refractivity contribution < 1.29 is 9.53 Å². The van der Waals surface area contributed by atoms with E-state index < -0.39 is 0 Å². The highest BCUT2D eigenvalue weighted by atomic mass is 16.5. The Labute approximate surface area is 150 Å². The third-order valence-corrected chi connectivity index (χ3v) is 4.68. The van der Waals surface area contributed by atoms with Crippen molar-refractivity contribution in [3.8, 4) is 0 Å². The van der Waals surface area contributed by atoms with Crippen LogP contribution in [0.25, 0.3) is 0 Å². The molecule has 1 fully saturated rings. The van der Waals surface area contributed by atoms with Gasteiger partial charge >= 0.3 is 0 Å². The van der Waals surface area contributed by atoms with Crippen LogP contribution in [0.1, 0.15) is 34.3 Å². The molecular formula is C21H26N2O2. The Hall–Kier alpha value is -2.33. The molecule has 0 bridgehead atoms. The van der Waals surface area contributed by atoms with Crippen molar-refractivity contribution in [3.05, 3.63) is 65.2 Å². The molecule has 1 amide bonds. The van der Waals surface area contributed by atoms with Crippen LogP contribution in [-0.2, 0) is 17.9 Å². The number of carbonyl (C=O) groups is 1. The second-order valence-electron chi connectivity index (χ2n) is 6.62. The molecule has 132 valence electrons. The summed E-state index contributed by atoms with van der Waals surface area (Å²) in [5, 5.41) is 0. The van der Waals surface area contributed by atoms with Gasteiger partial charge in [-0.3, -0.25) is 4.79 Å². The minimum Gasteiger partial charge on any atom is -0.380 e. The van der Waals surface area contributed by atoms with E-state index in [0.717, 1.165) is 18.7 Å². The Morgan fingerprint density at radius 2 is 1.88 bits per heavy atom. The normalized spacial score (nSPS) is 13.9. The zero-order valence-electron chi connectivity index (χ0n) is 15.1. The van der Waals surface area contributed by atoms with Crippen LogP contribution in [0, 0.1) is 0 Å². The topological polar surface area (TPSA) is 32.8 Å². The zero-order chi connectivity index (χ0) is 17.6. The summed E-state index contributed by atoms with van der Waals surface area (Å²) in [5.74, 6) is 0.0363. The van der Waals surface area contributed by atoms with E-state index in [1.54, 1.807) is 12.0 Å². The lowest BCUT2D eigenvalue weighted by molar-refractivity contribution is 0.0785. The van der Waals surface area contributed by atoms with Crippen LogP contribution in [0.2, 0.25) is 0 Å². The molecule has 25 heavy (non-hydrogen) atoms. The van der Waals surface area contributed by atoms with Crippen molar-refractivity contribution in [2.45, 2.75) is 26.0 Å². The third kappa shape index (κ3) is 4.20. The molecule has 4 nitrogen and oxygen atoms in total. The van der Waals surface area contributed by atoms with Crippen LogP contribution in [0.5, 0.6) is 0 Å². The van der Waals surface area contributed by atoms with Gasteiger partial charge in [0, 0.05) is 45.0 Å². The molecular weight excluding hydrogens is 312 g/mol. The molecule has 0 aliphatic carbocycles. The molecule has 0 saturated carbocycles. The van der Waals surface area contributed by atoms with Crippen molar-refractivity contribution in [3.63, 3.8) is 0 Å². The summed E-state index contributed by atoms with van der Waals surface area (Å²) in [6.07, 6.45) is 2.49. The molecule has 1 saturated heterocycles. The molecule has 0 aromatic heterocycles. The first kappa shape index (κ1) is 17.5. The lowest BCUT2D eigenvalue weighted by Gasteiger charge is -2.24. The zero-order valence-corrected chi connectivity index (χ0v) is 15.1. The molecule has 1 aliphatic heterocycles. The van der Waals surface area contributed by atoms with Gasteiger partial charge in [0.1, 0.15) is 0 Å². The molecule has 0 unspecified atom stereocenters. The highest BCUT2D eigenvalue weighted by molar-refractivity contribution is 5.94. The molecule has 0 N–H and O–H groups in total. The highest BCUT2D eigenvalue weighted by Gasteiger charge is 2.18. The number of hydrogen-bond acceptors (Lipinski definition) is 3. The fourth-order valence-corrected chi connectivity index (χ4v) is 3.42. The highest BCUT2D eigenvalue weighted by Crippen LogP contribution is 2.25. The van der Waals surface area contributed by atoms with E-state index in [0.29, 0.717) is 18.7 Å². The Bertz CT molecular complexity index is 723. The second-order valence-corrected chi connectivity index (χ2v) is 6.62. The summed E-state index contributed by atoms with van der Waals surface area (Å²) in [5.41, 5.74) is 4.18. The van der Waals surface area contributed by atoms with Crippen molar-refractivity contribution in [2.24, 2.45) is 0 Å². The van der Waals surface area contributed by atoms with Crippen LogP contribution < -0.4 is 4.90 Å². The van der Waals surface area contributed by atoms with Gasteiger partial charge in [-0.2, -0.15) is 0 Å². The average molecular weight is 338 g/mol. The standard InChI is InChI=1S/C21H26N2O2/c1-22(21(24)18-10-7-8-17(14-18)16-25-2)15-19-9-3-4-11-20(19)23-12-5-6-13-23/h3-4,7-11,14H,5-6,12-13,15-16H2,1-2H3. The Balaban J connectivity index is 1.75. The van der Waals surface area contributed by atoms with Gasteiger partial charge in [0.05, 0.1) is 6.61 Å². The summed E-state index contributed by atoms with van der Waals surface area (Å²) in [6.45, 7) is 3.34. The number of benzene rings is 2. The number of anilines is 1. The monoisotopic (exact) mass is 338 g/mol. The van der Waals surface area contributed by atoms with Crippen LogP contribution in [0.15, 0.2) is 48.5 Å². The maximum atomic E-state index is 12.8. The van der Waals surface area contributed by atoms with Gasteiger partial charge in [-0.25, -0.2) is 0 Å². The summed E-state index contributed by atoms with van der Waals surface area (Å²) < 4.78 is 5.16. The predicted molar refractivity (Wildman–Crippen MR) is 101 cm³/mol. The molecule has 4 heteroatoms. The fraction of sp³-hybridized carbons (Fsp3) is 0.381. The maximum Gasteiger partial charge on any atom is 0.253 e. The number of para-hydroxylation sites is 1. The van der Waals surface area contributed by atoms with Crippen LogP contribution in [0.3, 0.4) is 0 Å². The van der Waals surface area contributed by atoms with E-state index in [1.807, 2.05) is 37.4 Å². The van der Waals surface area contributed by atoms with E-state index in [9.17, 15) is 4.79 Å². The SMILES string of the molecule is COCc1cccc(C(=O)N(C)Cc2ccccc2N2CCCC2)c1. The number of ether oxygens (including phenoxy) is 1. The minimum absolute atomic E-state index is 0.0363. The van der Waals surface area contributed by atoms with Gasteiger partial charge in [0.25, 0.3) is 5.91 Å². The van der Waals surface area contributed by atoms with Gasteiger partial charge in [-0.05, 0) is 42.2 Å². The smallest absolute Gasteiger partial charge is 0.253 e. The van der Waals surface area contributed by atoms with Crippen molar-refractivity contribution in [1.82, 2.24) is 4.90 Å². The average Bonchev–Trinajstić information content (AvgIpc) is 3.16. The first-order chi connectivity index (χ1) is 12.2. The molecule has 1 aliphatic rings. The molecule has 0 spiro atoms. The molecule has 3 rings (SSSR count). The molecule has 0 atom stereocenters. The van der Waals surface area contributed by atoms with E-state index in [1.165, 1.54) is 24.1 Å². The fourth-order valence-electron chi connectivity index (χ4n) is 3.42.